The van der Waals surface area contributed by atoms with Crippen molar-refractivity contribution in [1.82, 2.24) is 10.2 Å². The van der Waals surface area contributed by atoms with E-state index in [4.69, 9.17) is 9.84 Å². The van der Waals surface area contributed by atoms with Gasteiger partial charge >= 0.3 is 12.0 Å². The number of aliphatic hydroxyl groups excluding tert-OH is 1. The van der Waals surface area contributed by atoms with Crippen molar-refractivity contribution in [3.63, 3.8) is 0 Å². The third-order valence-electron chi connectivity index (χ3n) is 5.73. The Bertz CT molecular complexity index is 952. The normalized spacial score (nSPS) is 21.1. The predicted molar refractivity (Wildman–Crippen MR) is 107 cm³/mol. The molecule has 2 aromatic rings. The number of benzene rings is 2. The smallest absolute Gasteiger partial charge is 0.336 e. The van der Waals surface area contributed by atoms with Crippen LogP contribution in [-0.4, -0.2) is 54.4 Å². The summed E-state index contributed by atoms with van der Waals surface area (Å²) >= 11 is 0. The first-order valence-electron chi connectivity index (χ1n) is 9.61. The molecule has 2 aliphatic heterocycles. The summed E-state index contributed by atoms with van der Waals surface area (Å²) in [5.41, 5.74) is 2.55. The fraction of sp³-hybridized carbons (Fsp3) is 0.364. The average molecular weight is 380 g/mol. The van der Waals surface area contributed by atoms with Crippen molar-refractivity contribution < 1.29 is 19.4 Å². The number of methoxy groups -OCH3 is 1. The Morgan fingerprint density at radius 2 is 1.96 bits per heavy atom. The lowest BCUT2D eigenvalue weighted by atomic mass is 9.87. The number of hydrogen-bond donors (Lipinski definition) is 2. The summed E-state index contributed by atoms with van der Waals surface area (Å²) in [5.74, 6) is -0.381. The minimum atomic E-state index is -0.381. The Balaban J connectivity index is 1.77. The molecule has 28 heavy (non-hydrogen) atoms. The highest BCUT2D eigenvalue weighted by Crippen LogP contribution is 2.43. The molecule has 2 bridgehead atoms. The average Bonchev–Trinajstić information content (AvgIpc) is 3.04. The molecule has 6 nitrogen and oxygen atoms in total. The number of nitrogens with one attached hydrogen (secondary N) is 1. The summed E-state index contributed by atoms with van der Waals surface area (Å²) in [5, 5.41) is 14.0. The van der Waals surface area contributed by atoms with Gasteiger partial charge in [-0.1, -0.05) is 36.4 Å². The molecule has 0 radical (unpaired) electrons. The van der Waals surface area contributed by atoms with Gasteiger partial charge < -0.3 is 20.1 Å². The van der Waals surface area contributed by atoms with Crippen molar-refractivity contribution in [2.75, 3.05) is 20.3 Å². The van der Waals surface area contributed by atoms with E-state index in [0.29, 0.717) is 12.0 Å². The molecule has 2 heterocycles. The van der Waals surface area contributed by atoms with E-state index in [1.807, 2.05) is 18.2 Å². The lowest BCUT2D eigenvalue weighted by molar-refractivity contribution is -0.136. The second kappa shape index (κ2) is 7.64. The summed E-state index contributed by atoms with van der Waals surface area (Å²) in [7, 11) is 1.38. The molecule has 2 atom stereocenters. The second-order valence-corrected chi connectivity index (χ2v) is 7.26. The van der Waals surface area contributed by atoms with E-state index in [1.54, 1.807) is 4.90 Å². The SMILES string of the molecule is COC(=O)C1=C(c2ccc3ccccc3c2)C[C@@H]2CC[C@H]1N2C(=O)NCCO. The minimum Gasteiger partial charge on any atom is -0.466 e. The van der Waals surface area contributed by atoms with E-state index in [1.165, 1.54) is 7.11 Å². The first kappa shape index (κ1) is 18.5. The van der Waals surface area contributed by atoms with Crippen LogP contribution in [0.25, 0.3) is 16.3 Å². The van der Waals surface area contributed by atoms with Crippen LogP contribution in [0.3, 0.4) is 0 Å². The van der Waals surface area contributed by atoms with Crippen molar-refractivity contribution in [2.24, 2.45) is 0 Å². The number of nitrogens with zero attached hydrogens (tertiary/aromatic N) is 1. The van der Waals surface area contributed by atoms with E-state index in [-0.39, 0.29) is 37.2 Å². The monoisotopic (exact) mass is 380 g/mol. The number of hydrogen-bond acceptors (Lipinski definition) is 4. The molecule has 0 aliphatic carbocycles. The van der Waals surface area contributed by atoms with Gasteiger partial charge in [-0.3, -0.25) is 0 Å². The summed E-state index contributed by atoms with van der Waals surface area (Å²) in [6.07, 6.45) is 2.19. The predicted octanol–water partition coefficient (Wildman–Crippen LogP) is 2.71. The lowest BCUT2D eigenvalue weighted by Crippen LogP contribution is -2.51. The van der Waals surface area contributed by atoms with E-state index < -0.39 is 0 Å². The highest BCUT2D eigenvalue weighted by atomic mass is 16.5. The van der Waals surface area contributed by atoms with Crippen LogP contribution in [0.15, 0.2) is 48.0 Å². The number of carbonyl (C=O) groups excluding carboxylic acids is 2. The number of aliphatic hydroxyl groups is 1. The Morgan fingerprint density at radius 1 is 1.18 bits per heavy atom. The van der Waals surface area contributed by atoms with Gasteiger partial charge in [-0.15, -0.1) is 0 Å². The Kier molecular flexibility index (Phi) is 5.05. The topological polar surface area (TPSA) is 78.9 Å². The fourth-order valence-corrected chi connectivity index (χ4v) is 4.49. The zero-order valence-electron chi connectivity index (χ0n) is 15.9. The van der Waals surface area contributed by atoms with Gasteiger partial charge in [0, 0.05) is 12.6 Å². The van der Waals surface area contributed by atoms with Crippen molar-refractivity contribution in [3.05, 3.63) is 53.6 Å². The number of rotatable bonds is 4. The largest absolute Gasteiger partial charge is 0.466 e. The van der Waals surface area contributed by atoms with E-state index >= 15 is 0 Å². The maximum atomic E-state index is 12.7. The molecule has 0 saturated carbocycles. The summed E-state index contributed by atoms with van der Waals surface area (Å²) < 4.78 is 5.09. The van der Waals surface area contributed by atoms with Crippen molar-refractivity contribution in [1.29, 1.82) is 0 Å². The maximum Gasteiger partial charge on any atom is 0.336 e. The van der Waals surface area contributed by atoms with Gasteiger partial charge in [-0.2, -0.15) is 0 Å². The van der Waals surface area contributed by atoms with Crippen LogP contribution in [0.1, 0.15) is 24.8 Å². The van der Waals surface area contributed by atoms with E-state index in [9.17, 15) is 9.59 Å². The zero-order valence-corrected chi connectivity index (χ0v) is 15.9. The molecule has 1 fully saturated rings. The van der Waals surface area contributed by atoms with Crippen molar-refractivity contribution in [3.8, 4) is 0 Å². The quantitative estimate of drug-likeness (QED) is 0.800. The first-order chi connectivity index (χ1) is 13.6. The van der Waals surface area contributed by atoms with E-state index in [2.05, 4.69) is 29.6 Å². The van der Waals surface area contributed by atoms with Gasteiger partial charge in [0.25, 0.3) is 0 Å². The molecule has 0 aromatic heterocycles. The standard InChI is InChI=1S/C22H24N2O4/c1-28-21(26)20-18(16-7-6-14-4-2-3-5-15(14)12-16)13-17-8-9-19(20)24(17)22(27)23-10-11-25/h2-7,12,17,19,25H,8-11,13H2,1H3,(H,23,27)/t17-,19+/m0/s1. The number of carbonyl (C=O) groups is 2. The third-order valence-corrected chi connectivity index (χ3v) is 5.73. The van der Waals surface area contributed by atoms with Crippen LogP contribution < -0.4 is 5.32 Å². The number of urea groups is 1. The zero-order chi connectivity index (χ0) is 19.7. The van der Waals surface area contributed by atoms with E-state index in [0.717, 1.165) is 34.8 Å². The van der Waals surface area contributed by atoms with Crippen LogP contribution >= 0.6 is 0 Å². The van der Waals surface area contributed by atoms with Gasteiger partial charge in [-0.05, 0) is 47.2 Å². The molecule has 0 spiro atoms. The lowest BCUT2D eigenvalue weighted by Gasteiger charge is -2.37. The van der Waals surface area contributed by atoms with Crippen molar-refractivity contribution >= 4 is 28.3 Å². The molecule has 2 aromatic carbocycles. The molecule has 2 amide bonds. The van der Waals surface area contributed by atoms with Crippen LogP contribution in [0.2, 0.25) is 0 Å². The molecule has 1 saturated heterocycles. The molecule has 2 N–H and O–H groups in total. The Labute approximate surface area is 163 Å². The number of esters is 1. The van der Waals surface area contributed by atoms with Crippen LogP contribution in [0.5, 0.6) is 0 Å². The molecule has 146 valence electrons. The minimum absolute atomic E-state index is 0.0403. The van der Waals surface area contributed by atoms with Gasteiger partial charge in [0.15, 0.2) is 0 Å². The summed E-state index contributed by atoms with van der Waals surface area (Å²) in [6, 6.07) is 13.8. The maximum absolute atomic E-state index is 12.7. The van der Waals surface area contributed by atoms with Crippen molar-refractivity contribution in [2.45, 2.75) is 31.3 Å². The highest BCUT2D eigenvalue weighted by Gasteiger charge is 2.46. The third kappa shape index (κ3) is 3.14. The Morgan fingerprint density at radius 3 is 2.71 bits per heavy atom. The van der Waals surface area contributed by atoms with Crippen LogP contribution in [0.4, 0.5) is 4.79 Å². The second-order valence-electron chi connectivity index (χ2n) is 7.26. The molecular weight excluding hydrogens is 356 g/mol. The molecule has 0 unspecified atom stereocenters. The number of fused-ring (bicyclic) bond motifs is 3. The summed E-state index contributed by atoms with van der Waals surface area (Å²) in [6.45, 7) is 0.0839. The van der Waals surface area contributed by atoms with Crippen LogP contribution in [-0.2, 0) is 9.53 Å². The number of ether oxygens (including phenoxy) is 1. The molecule has 6 heteroatoms. The molecule has 2 aliphatic rings. The van der Waals surface area contributed by atoms with Gasteiger partial charge in [0.05, 0.1) is 25.3 Å². The van der Waals surface area contributed by atoms with Crippen LogP contribution in [0, 0.1) is 0 Å². The first-order valence-corrected chi connectivity index (χ1v) is 9.61. The summed E-state index contributed by atoms with van der Waals surface area (Å²) in [4.78, 5) is 27.1. The number of amides is 2. The molecular formula is C22H24N2O4. The van der Waals surface area contributed by atoms with Gasteiger partial charge in [-0.25, -0.2) is 9.59 Å². The Hall–Kier alpha value is -2.86. The highest BCUT2D eigenvalue weighted by molar-refractivity contribution is 6.02. The fourth-order valence-electron chi connectivity index (χ4n) is 4.49. The molecule has 4 rings (SSSR count). The van der Waals surface area contributed by atoms with Gasteiger partial charge in [0.1, 0.15) is 0 Å². The van der Waals surface area contributed by atoms with Gasteiger partial charge in [0.2, 0.25) is 0 Å².